The lowest BCUT2D eigenvalue weighted by atomic mass is 9.86. The molecular formula is C46H83NO. The van der Waals surface area contributed by atoms with Gasteiger partial charge in [-0.3, -0.25) is 4.79 Å². The van der Waals surface area contributed by atoms with Crippen molar-refractivity contribution >= 4 is 5.78 Å². The van der Waals surface area contributed by atoms with E-state index >= 15 is 0 Å². The average Bonchev–Trinajstić information content (AvgIpc) is 3.59. The minimum atomic E-state index is 0.326. The maximum absolute atomic E-state index is 13.3. The van der Waals surface area contributed by atoms with Crippen LogP contribution in [0.4, 0.5) is 0 Å². The van der Waals surface area contributed by atoms with Crippen molar-refractivity contribution in [1.82, 2.24) is 4.90 Å². The SMILES string of the molecule is CCCCCC=CCC=CCCCCCCCCC(CCCCCCCCC=CCC=CCCCCC)CC(=O)C1CCC(N(C)C)C1. The van der Waals surface area contributed by atoms with Crippen LogP contribution >= 0.6 is 0 Å². The van der Waals surface area contributed by atoms with Gasteiger partial charge in [0.25, 0.3) is 0 Å². The molecule has 1 saturated carbocycles. The Balaban J connectivity index is 2.20. The number of ketones is 1. The predicted molar refractivity (Wildman–Crippen MR) is 216 cm³/mol. The molecule has 0 bridgehead atoms. The first-order valence-electron chi connectivity index (χ1n) is 21.4. The standard InChI is InChI=1S/C46H83NO/c1-5-7-9-11-13-15-17-19-21-23-25-27-29-31-33-35-37-43(41-46(48)44-39-40-45(42-44)47(3)4)38-36-34-32-30-28-26-24-22-20-18-16-14-12-10-8-6-2/h13-16,19-22,43-45H,5-12,17-18,23-42H2,1-4H3. The van der Waals surface area contributed by atoms with Crippen LogP contribution in [-0.4, -0.2) is 30.8 Å². The second kappa shape index (κ2) is 34.1. The van der Waals surface area contributed by atoms with Crippen molar-refractivity contribution in [1.29, 1.82) is 0 Å². The smallest absolute Gasteiger partial charge is 0.136 e. The highest BCUT2D eigenvalue weighted by atomic mass is 16.1. The molecule has 0 aromatic carbocycles. The van der Waals surface area contributed by atoms with Crippen LogP contribution < -0.4 is 0 Å². The molecule has 48 heavy (non-hydrogen) atoms. The third-order valence-corrected chi connectivity index (χ3v) is 10.7. The maximum atomic E-state index is 13.3. The number of hydrogen-bond donors (Lipinski definition) is 0. The third kappa shape index (κ3) is 27.4. The molecule has 0 aliphatic heterocycles. The molecule has 0 spiro atoms. The van der Waals surface area contributed by atoms with Gasteiger partial charge in [-0.2, -0.15) is 0 Å². The highest BCUT2D eigenvalue weighted by Gasteiger charge is 2.31. The van der Waals surface area contributed by atoms with Crippen LogP contribution in [0.2, 0.25) is 0 Å². The molecule has 1 rings (SSSR count). The number of hydrogen-bond acceptors (Lipinski definition) is 2. The first kappa shape index (κ1) is 44.6. The van der Waals surface area contributed by atoms with E-state index in [9.17, 15) is 4.79 Å². The zero-order valence-electron chi connectivity index (χ0n) is 32.9. The molecule has 1 aliphatic carbocycles. The molecule has 1 aliphatic rings. The summed E-state index contributed by atoms with van der Waals surface area (Å²) in [7, 11) is 4.36. The summed E-state index contributed by atoms with van der Waals surface area (Å²) in [6, 6.07) is 0.609. The fourth-order valence-corrected chi connectivity index (χ4v) is 7.36. The van der Waals surface area contributed by atoms with E-state index in [1.54, 1.807) is 0 Å². The van der Waals surface area contributed by atoms with Gasteiger partial charge in [0.2, 0.25) is 0 Å². The Morgan fingerprint density at radius 2 is 0.938 bits per heavy atom. The lowest BCUT2D eigenvalue weighted by molar-refractivity contribution is -0.123. The molecule has 0 amide bonds. The summed E-state index contributed by atoms with van der Waals surface area (Å²) < 4.78 is 0. The first-order valence-corrected chi connectivity index (χ1v) is 21.4. The predicted octanol–water partition coefficient (Wildman–Crippen LogP) is 14.7. The van der Waals surface area contributed by atoms with Crippen molar-refractivity contribution in [3.05, 3.63) is 48.6 Å². The van der Waals surface area contributed by atoms with E-state index in [2.05, 4.69) is 81.5 Å². The van der Waals surface area contributed by atoms with Gasteiger partial charge in [0.15, 0.2) is 0 Å². The van der Waals surface area contributed by atoms with Gasteiger partial charge < -0.3 is 4.90 Å². The average molecular weight is 666 g/mol. The van der Waals surface area contributed by atoms with Gasteiger partial charge in [-0.15, -0.1) is 0 Å². The van der Waals surface area contributed by atoms with E-state index in [1.807, 2.05) is 0 Å². The molecule has 2 nitrogen and oxygen atoms in total. The molecule has 0 N–H and O–H groups in total. The number of nitrogens with zero attached hydrogens (tertiary/aromatic N) is 1. The highest BCUT2D eigenvalue weighted by Crippen LogP contribution is 2.32. The molecule has 1 fully saturated rings. The zero-order valence-corrected chi connectivity index (χ0v) is 32.9. The van der Waals surface area contributed by atoms with E-state index in [-0.39, 0.29) is 0 Å². The summed E-state index contributed by atoms with van der Waals surface area (Å²) in [6.07, 6.45) is 57.0. The van der Waals surface area contributed by atoms with Crippen LogP contribution in [0.25, 0.3) is 0 Å². The van der Waals surface area contributed by atoms with Crippen LogP contribution in [0.15, 0.2) is 48.6 Å². The lowest BCUT2D eigenvalue weighted by Gasteiger charge is -2.20. The normalized spacial score (nSPS) is 17.8. The summed E-state index contributed by atoms with van der Waals surface area (Å²) in [5, 5.41) is 0. The Hall–Kier alpha value is -1.41. The van der Waals surface area contributed by atoms with Crippen molar-refractivity contribution in [2.75, 3.05) is 14.1 Å². The number of allylic oxidation sites excluding steroid dienone is 8. The van der Waals surface area contributed by atoms with E-state index in [0.717, 1.165) is 32.1 Å². The Morgan fingerprint density at radius 3 is 1.33 bits per heavy atom. The van der Waals surface area contributed by atoms with Gasteiger partial charge in [0.1, 0.15) is 5.78 Å². The quantitative estimate of drug-likeness (QED) is 0.0503. The number of carbonyl (C=O) groups excluding carboxylic acids is 1. The lowest BCUT2D eigenvalue weighted by Crippen LogP contribution is -2.26. The van der Waals surface area contributed by atoms with Gasteiger partial charge in [-0.25, -0.2) is 0 Å². The van der Waals surface area contributed by atoms with Gasteiger partial charge >= 0.3 is 0 Å². The Kier molecular flexibility index (Phi) is 31.7. The molecule has 2 heteroatoms. The largest absolute Gasteiger partial charge is 0.306 e. The molecule has 0 aromatic heterocycles. The summed E-state index contributed by atoms with van der Waals surface area (Å²) in [5.41, 5.74) is 0. The Morgan fingerprint density at radius 1 is 0.542 bits per heavy atom. The Labute approximate surface area is 301 Å². The second-order valence-corrected chi connectivity index (χ2v) is 15.4. The van der Waals surface area contributed by atoms with Gasteiger partial charge in [-0.05, 0) is 103 Å². The van der Waals surface area contributed by atoms with Gasteiger partial charge in [-0.1, -0.05) is 165 Å². The number of unbranched alkanes of at least 4 members (excludes halogenated alkanes) is 18. The van der Waals surface area contributed by atoms with Crippen LogP contribution in [0, 0.1) is 11.8 Å². The van der Waals surface area contributed by atoms with Gasteiger partial charge in [0, 0.05) is 18.4 Å². The molecule has 0 saturated heterocycles. The van der Waals surface area contributed by atoms with Crippen molar-refractivity contribution in [3.8, 4) is 0 Å². The van der Waals surface area contributed by atoms with Crippen LogP contribution in [0.3, 0.4) is 0 Å². The first-order chi connectivity index (χ1) is 23.6. The summed E-state index contributed by atoms with van der Waals surface area (Å²) >= 11 is 0. The molecule has 0 radical (unpaired) electrons. The van der Waals surface area contributed by atoms with E-state index in [4.69, 9.17) is 0 Å². The van der Waals surface area contributed by atoms with Crippen LogP contribution in [-0.2, 0) is 4.79 Å². The van der Waals surface area contributed by atoms with Crippen molar-refractivity contribution in [2.24, 2.45) is 11.8 Å². The van der Waals surface area contributed by atoms with E-state index in [1.165, 1.54) is 161 Å². The monoisotopic (exact) mass is 666 g/mol. The molecule has 0 aromatic rings. The summed E-state index contributed by atoms with van der Waals surface area (Å²) in [6.45, 7) is 4.54. The Bertz CT molecular complexity index is 772. The summed E-state index contributed by atoms with van der Waals surface area (Å²) in [5.74, 6) is 1.53. The van der Waals surface area contributed by atoms with E-state index < -0.39 is 0 Å². The number of rotatable bonds is 34. The van der Waals surface area contributed by atoms with E-state index in [0.29, 0.717) is 23.7 Å². The fourth-order valence-electron chi connectivity index (χ4n) is 7.36. The topological polar surface area (TPSA) is 20.3 Å². The fraction of sp³-hybridized carbons (Fsp3) is 0.804. The van der Waals surface area contributed by atoms with Crippen molar-refractivity contribution in [2.45, 2.75) is 213 Å². The number of Topliss-reactive ketones (excluding diaryl/α,β-unsaturated/α-hetero) is 1. The van der Waals surface area contributed by atoms with Crippen LogP contribution in [0.1, 0.15) is 206 Å². The third-order valence-electron chi connectivity index (χ3n) is 10.7. The second-order valence-electron chi connectivity index (χ2n) is 15.4. The maximum Gasteiger partial charge on any atom is 0.136 e. The minimum Gasteiger partial charge on any atom is -0.306 e. The molecule has 2 unspecified atom stereocenters. The van der Waals surface area contributed by atoms with Gasteiger partial charge in [0.05, 0.1) is 0 Å². The highest BCUT2D eigenvalue weighted by molar-refractivity contribution is 5.81. The molecule has 0 heterocycles. The molecular weight excluding hydrogens is 583 g/mol. The minimum absolute atomic E-state index is 0.326. The zero-order chi connectivity index (χ0) is 34.8. The molecule has 278 valence electrons. The molecule has 2 atom stereocenters. The van der Waals surface area contributed by atoms with Crippen molar-refractivity contribution < 1.29 is 4.79 Å². The van der Waals surface area contributed by atoms with Crippen molar-refractivity contribution in [3.63, 3.8) is 0 Å². The number of carbonyl (C=O) groups is 1. The summed E-state index contributed by atoms with van der Waals surface area (Å²) in [4.78, 5) is 15.7. The van der Waals surface area contributed by atoms with Crippen LogP contribution in [0.5, 0.6) is 0 Å².